The Morgan fingerprint density at radius 3 is 2.75 bits per heavy atom. The topological polar surface area (TPSA) is 55.0 Å². The normalized spacial score (nSPS) is 23.1. The average Bonchev–Trinajstić information content (AvgIpc) is 2.54. The lowest BCUT2D eigenvalue weighted by molar-refractivity contribution is 0.750. The molecule has 0 saturated carbocycles. The first-order valence-electron chi connectivity index (χ1n) is 4.14. The first-order valence-corrected chi connectivity index (χ1v) is 4.14. The Bertz CT molecular complexity index is 248. The highest BCUT2D eigenvalue weighted by molar-refractivity contribution is 5.30. The van der Waals surface area contributed by atoms with Crippen molar-refractivity contribution < 1.29 is 0 Å². The van der Waals surface area contributed by atoms with Crippen molar-refractivity contribution in [3.05, 3.63) is 18.5 Å². The van der Waals surface area contributed by atoms with E-state index in [1.54, 1.807) is 12.4 Å². The average molecular weight is 164 g/mol. The van der Waals surface area contributed by atoms with Gasteiger partial charge < -0.3 is 10.6 Å². The van der Waals surface area contributed by atoms with Gasteiger partial charge in [-0.3, -0.25) is 0 Å². The Labute approximate surface area is 71.4 Å². The Morgan fingerprint density at radius 2 is 2.17 bits per heavy atom. The minimum atomic E-state index is 0.286. The molecule has 4 heteroatoms. The van der Waals surface area contributed by atoms with Crippen LogP contribution in [0.2, 0.25) is 0 Å². The van der Waals surface area contributed by atoms with Gasteiger partial charge >= 0.3 is 0 Å². The largest absolute Gasteiger partial charge is 0.339 e. The van der Waals surface area contributed by atoms with Gasteiger partial charge in [-0.05, 0) is 12.5 Å². The van der Waals surface area contributed by atoms with Crippen molar-refractivity contribution in [1.29, 1.82) is 0 Å². The van der Waals surface area contributed by atoms with E-state index in [1.165, 1.54) is 0 Å². The van der Waals surface area contributed by atoms with Crippen molar-refractivity contribution in [3.63, 3.8) is 0 Å². The van der Waals surface area contributed by atoms with Crippen molar-refractivity contribution in [2.45, 2.75) is 12.5 Å². The summed E-state index contributed by atoms with van der Waals surface area (Å²) in [5.74, 6) is 0.797. The molecule has 0 radical (unpaired) electrons. The van der Waals surface area contributed by atoms with E-state index in [2.05, 4.69) is 14.9 Å². The summed E-state index contributed by atoms with van der Waals surface area (Å²) >= 11 is 0. The molecule has 2 heterocycles. The van der Waals surface area contributed by atoms with Gasteiger partial charge in [0.05, 0.1) is 0 Å². The SMILES string of the molecule is N[C@H]1CCN(c2ncccn2)C1. The molecular weight excluding hydrogens is 152 g/mol. The molecule has 2 rings (SSSR count). The van der Waals surface area contributed by atoms with E-state index >= 15 is 0 Å². The Balaban J connectivity index is 2.11. The molecule has 1 aromatic rings. The summed E-state index contributed by atoms with van der Waals surface area (Å²) in [6, 6.07) is 2.10. The molecule has 2 N–H and O–H groups in total. The van der Waals surface area contributed by atoms with Crippen LogP contribution in [0.5, 0.6) is 0 Å². The molecule has 64 valence electrons. The predicted octanol–water partition coefficient (Wildman–Crippen LogP) is 0.0140. The fourth-order valence-corrected chi connectivity index (χ4v) is 1.42. The van der Waals surface area contributed by atoms with E-state index in [0.717, 1.165) is 25.5 Å². The van der Waals surface area contributed by atoms with Gasteiger partial charge in [-0.25, -0.2) is 9.97 Å². The van der Waals surface area contributed by atoms with E-state index in [4.69, 9.17) is 5.73 Å². The van der Waals surface area contributed by atoms with Crippen LogP contribution in [0.4, 0.5) is 5.95 Å². The maximum absolute atomic E-state index is 5.77. The van der Waals surface area contributed by atoms with E-state index in [-0.39, 0.29) is 6.04 Å². The first kappa shape index (κ1) is 7.49. The number of anilines is 1. The quantitative estimate of drug-likeness (QED) is 0.635. The van der Waals surface area contributed by atoms with Gasteiger partial charge in [0.15, 0.2) is 0 Å². The number of nitrogens with two attached hydrogens (primary N) is 1. The van der Waals surface area contributed by atoms with Gasteiger partial charge in [0.1, 0.15) is 0 Å². The molecule has 0 amide bonds. The smallest absolute Gasteiger partial charge is 0.225 e. The minimum absolute atomic E-state index is 0.286. The summed E-state index contributed by atoms with van der Waals surface area (Å²) in [6.45, 7) is 1.86. The predicted molar refractivity (Wildman–Crippen MR) is 46.8 cm³/mol. The summed E-state index contributed by atoms with van der Waals surface area (Å²) in [7, 11) is 0. The molecule has 1 atom stereocenters. The summed E-state index contributed by atoms with van der Waals surface area (Å²) in [4.78, 5) is 10.4. The van der Waals surface area contributed by atoms with Crippen molar-refractivity contribution in [2.24, 2.45) is 5.73 Å². The summed E-state index contributed by atoms with van der Waals surface area (Å²) in [6.07, 6.45) is 4.55. The molecule has 0 aliphatic carbocycles. The Morgan fingerprint density at radius 1 is 1.42 bits per heavy atom. The third-order valence-electron chi connectivity index (χ3n) is 2.06. The molecule has 1 aliphatic rings. The molecule has 0 spiro atoms. The third-order valence-corrected chi connectivity index (χ3v) is 2.06. The van der Waals surface area contributed by atoms with Gasteiger partial charge in [-0.15, -0.1) is 0 Å². The minimum Gasteiger partial charge on any atom is -0.339 e. The zero-order chi connectivity index (χ0) is 8.39. The lowest BCUT2D eigenvalue weighted by Crippen LogP contribution is -2.27. The highest BCUT2D eigenvalue weighted by Gasteiger charge is 2.20. The van der Waals surface area contributed by atoms with Crippen LogP contribution < -0.4 is 10.6 Å². The summed E-state index contributed by atoms with van der Waals surface area (Å²) < 4.78 is 0. The first-order chi connectivity index (χ1) is 5.86. The molecule has 0 aromatic carbocycles. The van der Waals surface area contributed by atoms with Crippen LogP contribution in [0.1, 0.15) is 6.42 Å². The lowest BCUT2D eigenvalue weighted by Gasteiger charge is -2.14. The van der Waals surface area contributed by atoms with Crippen LogP contribution >= 0.6 is 0 Å². The second kappa shape index (κ2) is 3.06. The standard InChI is InChI=1S/C8H12N4/c9-7-2-5-12(6-7)8-10-3-1-4-11-8/h1,3-4,7H,2,5-6,9H2/t7-/m0/s1. The van der Waals surface area contributed by atoms with E-state index in [9.17, 15) is 0 Å². The van der Waals surface area contributed by atoms with Crippen LogP contribution in [0, 0.1) is 0 Å². The zero-order valence-electron chi connectivity index (χ0n) is 6.85. The van der Waals surface area contributed by atoms with Crippen molar-refractivity contribution in [3.8, 4) is 0 Å². The Hall–Kier alpha value is -1.16. The van der Waals surface area contributed by atoms with Crippen LogP contribution in [0.25, 0.3) is 0 Å². The zero-order valence-corrected chi connectivity index (χ0v) is 6.85. The van der Waals surface area contributed by atoms with Crippen LogP contribution in [0.3, 0.4) is 0 Å². The number of aromatic nitrogens is 2. The van der Waals surface area contributed by atoms with Crippen molar-refractivity contribution in [1.82, 2.24) is 9.97 Å². The van der Waals surface area contributed by atoms with Crippen molar-refractivity contribution in [2.75, 3.05) is 18.0 Å². The highest BCUT2D eigenvalue weighted by Crippen LogP contribution is 2.12. The fourth-order valence-electron chi connectivity index (χ4n) is 1.42. The fraction of sp³-hybridized carbons (Fsp3) is 0.500. The van der Waals surface area contributed by atoms with Gasteiger partial charge in [-0.1, -0.05) is 0 Å². The number of rotatable bonds is 1. The van der Waals surface area contributed by atoms with E-state index in [1.807, 2.05) is 6.07 Å². The van der Waals surface area contributed by atoms with Crippen molar-refractivity contribution >= 4 is 5.95 Å². The molecule has 1 fully saturated rings. The molecule has 1 aliphatic heterocycles. The van der Waals surface area contributed by atoms with Gasteiger partial charge in [0, 0.05) is 31.5 Å². The highest BCUT2D eigenvalue weighted by atomic mass is 15.3. The lowest BCUT2D eigenvalue weighted by atomic mass is 10.3. The molecule has 12 heavy (non-hydrogen) atoms. The van der Waals surface area contributed by atoms with E-state index < -0.39 is 0 Å². The third kappa shape index (κ3) is 1.38. The monoisotopic (exact) mass is 164 g/mol. The van der Waals surface area contributed by atoms with Gasteiger partial charge in [-0.2, -0.15) is 0 Å². The van der Waals surface area contributed by atoms with Gasteiger partial charge in [0.2, 0.25) is 5.95 Å². The second-order valence-electron chi connectivity index (χ2n) is 3.04. The Kier molecular flexibility index (Phi) is 1.91. The molecule has 4 nitrogen and oxygen atoms in total. The molecular formula is C8H12N4. The van der Waals surface area contributed by atoms with Gasteiger partial charge in [0.25, 0.3) is 0 Å². The van der Waals surface area contributed by atoms with E-state index in [0.29, 0.717) is 0 Å². The summed E-state index contributed by atoms with van der Waals surface area (Å²) in [5.41, 5.74) is 5.77. The maximum Gasteiger partial charge on any atom is 0.225 e. The maximum atomic E-state index is 5.77. The number of hydrogen-bond acceptors (Lipinski definition) is 4. The second-order valence-corrected chi connectivity index (χ2v) is 3.04. The number of nitrogens with zero attached hydrogens (tertiary/aromatic N) is 3. The number of hydrogen-bond donors (Lipinski definition) is 1. The van der Waals surface area contributed by atoms with Crippen LogP contribution in [-0.2, 0) is 0 Å². The molecule has 0 bridgehead atoms. The molecule has 1 aromatic heterocycles. The van der Waals surface area contributed by atoms with Crippen LogP contribution in [-0.4, -0.2) is 29.1 Å². The molecule has 0 unspecified atom stereocenters. The van der Waals surface area contributed by atoms with Crippen LogP contribution in [0.15, 0.2) is 18.5 Å². The summed E-state index contributed by atoms with van der Waals surface area (Å²) in [5, 5.41) is 0. The molecule has 1 saturated heterocycles.